The van der Waals surface area contributed by atoms with E-state index in [0.29, 0.717) is 5.56 Å². The number of benzene rings is 1. The van der Waals surface area contributed by atoms with Gasteiger partial charge in [-0.2, -0.15) is 0 Å². The maximum Gasteiger partial charge on any atom is 0.150 e. The van der Waals surface area contributed by atoms with Gasteiger partial charge in [0.05, 0.1) is 0 Å². The second-order valence-electron chi connectivity index (χ2n) is 7.74. The number of hydrogen-bond acceptors (Lipinski definition) is 4. The smallest absolute Gasteiger partial charge is 0.150 e. The second-order valence-corrected chi connectivity index (χ2v) is 7.74. The van der Waals surface area contributed by atoms with Gasteiger partial charge in [0.2, 0.25) is 0 Å². The van der Waals surface area contributed by atoms with E-state index in [1.165, 1.54) is 6.42 Å². The van der Waals surface area contributed by atoms with Gasteiger partial charge in [0.1, 0.15) is 12.6 Å². The molecule has 0 saturated carbocycles. The molecule has 1 fully saturated rings. The first kappa shape index (κ1) is 18.7. The largest absolute Gasteiger partial charge is 0.369 e. The number of anilines is 1. The van der Waals surface area contributed by atoms with Gasteiger partial charge in [-0.05, 0) is 50.4 Å². The van der Waals surface area contributed by atoms with E-state index in [2.05, 4.69) is 23.6 Å². The van der Waals surface area contributed by atoms with Crippen molar-refractivity contribution in [3.63, 3.8) is 0 Å². The molecule has 1 aromatic rings. The number of hydrogen-bond donors (Lipinski definition) is 0. The van der Waals surface area contributed by atoms with Gasteiger partial charge in [-0.3, -0.25) is 9.69 Å². The minimum Gasteiger partial charge on any atom is -0.369 e. The van der Waals surface area contributed by atoms with E-state index >= 15 is 0 Å². The molecule has 24 heavy (non-hydrogen) atoms. The molecule has 0 bridgehead atoms. The molecule has 1 aliphatic rings. The first-order valence-corrected chi connectivity index (χ1v) is 8.90. The lowest BCUT2D eigenvalue weighted by molar-refractivity contribution is -0.111. The highest BCUT2D eigenvalue weighted by molar-refractivity contribution is 5.84. The molecule has 0 N–H and O–H groups in total. The molecule has 1 aromatic carbocycles. The molecule has 2 rings (SSSR count). The maximum absolute atomic E-state index is 11.5. The van der Waals surface area contributed by atoms with Crippen LogP contribution >= 0.6 is 0 Å². The van der Waals surface area contributed by atoms with Crippen molar-refractivity contribution < 1.29 is 9.59 Å². The first-order valence-electron chi connectivity index (χ1n) is 8.90. The number of aldehydes is 2. The molecule has 0 aliphatic carbocycles. The summed E-state index contributed by atoms with van der Waals surface area (Å²) in [5, 5.41) is 0. The van der Waals surface area contributed by atoms with Crippen molar-refractivity contribution >= 4 is 18.3 Å². The number of piperazine rings is 1. The van der Waals surface area contributed by atoms with Gasteiger partial charge in [0, 0.05) is 42.8 Å². The lowest BCUT2D eigenvalue weighted by Gasteiger charge is -2.36. The Labute approximate surface area is 145 Å². The predicted molar refractivity (Wildman–Crippen MR) is 99.0 cm³/mol. The Kier molecular flexibility index (Phi) is 6.16. The molecule has 4 heteroatoms. The average molecular weight is 330 g/mol. The van der Waals surface area contributed by atoms with Crippen LogP contribution < -0.4 is 4.90 Å². The van der Waals surface area contributed by atoms with Crippen LogP contribution in [0.3, 0.4) is 0 Å². The summed E-state index contributed by atoms with van der Waals surface area (Å²) in [4.78, 5) is 27.6. The monoisotopic (exact) mass is 330 g/mol. The summed E-state index contributed by atoms with van der Waals surface area (Å²) in [6.45, 7) is 13.5. The Bertz CT molecular complexity index is 573. The number of carbonyl (C=O) groups is 2. The third-order valence-corrected chi connectivity index (χ3v) is 4.91. The van der Waals surface area contributed by atoms with Gasteiger partial charge in [0.25, 0.3) is 0 Å². The second kappa shape index (κ2) is 7.93. The molecule has 0 atom stereocenters. The van der Waals surface area contributed by atoms with Crippen molar-refractivity contribution in [2.75, 3.05) is 37.6 Å². The Hall–Kier alpha value is -1.68. The summed E-state index contributed by atoms with van der Waals surface area (Å²) in [6, 6.07) is 5.90. The normalized spacial score (nSPS) is 16.5. The van der Waals surface area contributed by atoms with Gasteiger partial charge < -0.3 is 9.69 Å². The zero-order chi connectivity index (χ0) is 17.7. The molecule has 132 valence electrons. The van der Waals surface area contributed by atoms with Crippen LogP contribution in [0.25, 0.3) is 0 Å². The molecule has 0 amide bonds. The average Bonchev–Trinajstić information content (AvgIpc) is 2.59. The highest BCUT2D eigenvalue weighted by Gasteiger charge is 2.24. The van der Waals surface area contributed by atoms with Crippen LogP contribution in [0.1, 0.15) is 50.0 Å². The van der Waals surface area contributed by atoms with Crippen molar-refractivity contribution in [3.8, 4) is 0 Å². The lowest BCUT2D eigenvalue weighted by atomic mass is 9.83. The molecular formula is C20H30N2O2. The van der Waals surface area contributed by atoms with E-state index in [1.54, 1.807) is 0 Å². The minimum absolute atomic E-state index is 0.617. The first-order chi connectivity index (χ1) is 11.4. The van der Waals surface area contributed by atoms with E-state index in [-0.39, 0.29) is 0 Å². The summed E-state index contributed by atoms with van der Waals surface area (Å²) in [5.74, 6) is 0.742. The van der Waals surface area contributed by atoms with Crippen LogP contribution in [0, 0.1) is 5.92 Å². The Morgan fingerprint density at radius 3 is 2.33 bits per heavy atom. The minimum atomic E-state index is -0.635. The Morgan fingerprint density at radius 1 is 1.12 bits per heavy atom. The fraction of sp³-hybridized carbons (Fsp3) is 0.600. The quantitative estimate of drug-likeness (QED) is 0.720. The fourth-order valence-corrected chi connectivity index (χ4v) is 3.17. The summed E-state index contributed by atoms with van der Waals surface area (Å²) in [6.07, 6.45) is 3.01. The predicted octanol–water partition coefficient (Wildman–Crippen LogP) is 3.14. The van der Waals surface area contributed by atoms with E-state index in [4.69, 9.17) is 0 Å². The number of nitrogens with zero attached hydrogens (tertiary/aromatic N) is 2. The summed E-state index contributed by atoms with van der Waals surface area (Å²) >= 11 is 0. The zero-order valence-corrected chi connectivity index (χ0v) is 15.4. The molecule has 0 spiro atoms. The topological polar surface area (TPSA) is 40.6 Å². The van der Waals surface area contributed by atoms with Crippen LogP contribution in [0.15, 0.2) is 18.2 Å². The highest BCUT2D eigenvalue weighted by Crippen LogP contribution is 2.28. The van der Waals surface area contributed by atoms with Crippen molar-refractivity contribution in [1.82, 2.24) is 4.90 Å². The van der Waals surface area contributed by atoms with E-state index < -0.39 is 5.41 Å². The summed E-state index contributed by atoms with van der Waals surface area (Å²) in [5.41, 5.74) is 1.86. The fourth-order valence-electron chi connectivity index (χ4n) is 3.17. The molecule has 0 unspecified atom stereocenters. The molecule has 1 saturated heterocycles. The van der Waals surface area contributed by atoms with Crippen molar-refractivity contribution in [2.45, 2.75) is 39.5 Å². The SMILES string of the molecule is CC(C)CCN1CCN(c2ccc(C(C)(C)C=O)c(C=O)c2)CC1. The number of rotatable bonds is 7. The maximum atomic E-state index is 11.5. The molecular weight excluding hydrogens is 300 g/mol. The van der Waals surface area contributed by atoms with Crippen LogP contribution in [0.4, 0.5) is 5.69 Å². The van der Waals surface area contributed by atoms with Crippen LogP contribution in [0.5, 0.6) is 0 Å². The summed E-state index contributed by atoms with van der Waals surface area (Å²) in [7, 11) is 0. The van der Waals surface area contributed by atoms with E-state index in [0.717, 1.165) is 62.5 Å². The Morgan fingerprint density at radius 2 is 1.79 bits per heavy atom. The number of carbonyl (C=O) groups excluding carboxylic acids is 2. The van der Waals surface area contributed by atoms with Crippen molar-refractivity contribution in [3.05, 3.63) is 29.3 Å². The van der Waals surface area contributed by atoms with Gasteiger partial charge in [-0.15, -0.1) is 0 Å². The molecule has 1 heterocycles. The van der Waals surface area contributed by atoms with E-state index in [1.807, 2.05) is 32.0 Å². The molecule has 0 radical (unpaired) electrons. The lowest BCUT2D eigenvalue weighted by Crippen LogP contribution is -2.46. The zero-order valence-electron chi connectivity index (χ0n) is 15.4. The van der Waals surface area contributed by atoms with Gasteiger partial charge >= 0.3 is 0 Å². The van der Waals surface area contributed by atoms with Crippen LogP contribution in [-0.4, -0.2) is 50.2 Å². The third-order valence-electron chi connectivity index (χ3n) is 4.91. The highest BCUT2D eigenvalue weighted by atomic mass is 16.1. The Balaban J connectivity index is 2.06. The van der Waals surface area contributed by atoms with Crippen molar-refractivity contribution in [2.24, 2.45) is 5.92 Å². The molecule has 0 aromatic heterocycles. The van der Waals surface area contributed by atoms with E-state index in [9.17, 15) is 9.59 Å². The molecule has 1 aliphatic heterocycles. The standard InChI is InChI=1S/C20H30N2O2/c1-16(2)7-8-21-9-11-22(12-10-21)18-5-6-19(17(13-18)14-23)20(3,4)15-24/h5-6,13-16H,7-12H2,1-4H3. The van der Waals surface area contributed by atoms with Gasteiger partial charge in [-0.1, -0.05) is 19.9 Å². The van der Waals surface area contributed by atoms with Gasteiger partial charge in [-0.25, -0.2) is 0 Å². The van der Waals surface area contributed by atoms with Crippen molar-refractivity contribution in [1.29, 1.82) is 0 Å². The third kappa shape index (κ3) is 4.44. The van der Waals surface area contributed by atoms with Crippen LogP contribution in [-0.2, 0) is 10.2 Å². The molecule has 4 nitrogen and oxygen atoms in total. The van der Waals surface area contributed by atoms with Crippen LogP contribution in [0.2, 0.25) is 0 Å². The summed E-state index contributed by atoms with van der Waals surface area (Å²) < 4.78 is 0. The van der Waals surface area contributed by atoms with Gasteiger partial charge in [0.15, 0.2) is 0 Å².